The summed E-state index contributed by atoms with van der Waals surface area (Å²) in [7, 11) is 5.01. The second-order valence-corrected chi connectivity index (χ2v) is 2.29. The van der Waals surface area contributed by atoms with E-state index in [2.05, 4.69) is 5.32 Å². The van der Waals surface area contributed by atoms with Crippen molar-refractivity contribution in [2.45, 2.75) is 6.54 Å². The first-order chi connectivity index (χ1) is 5.83. The first-order valence-electron chi connectivity index (χ1n) is 3.66. The summed E-state index contributed by atoms with van der Waals surface area (Å²) in [6.45, 7) is 0.631. The molecule has 0 aliphatic carbocycles. The minimum Gasteiger partial charge on any atom is -0.490 e. The predicted octanol–water partition coefficient (Wildman–Crippen LogP) is 1.02. The number of hydrogen-bond donors (Lipinski definition) is 1. The fraction of sp³-hybridized carbons (Fsp3) is 0.500. The molecule has 1 N–H and O–H groups in total. The molecular weight excluding hydrogens is 158 g/mol. The first kappa shape index (κ1) is 8.93. The van der Waals surface area contributed by atoms with Gasteiger partial charge in [-0.25, -0.2) is 0 Å². The van der Waals surface area contributed by atoms with Gasteiger partial charge in [0.05, 0.1) is 20.8 Å². The lowest BCUT2D eigenvalue weighted by Crippen LogP contribution is -2.05. The molecule has 0 aliphatic rings. The third-order valence-corrected chi connectivity index (χ3v) is 1.55. The summed E-state index contributed by atoms with van der Waals surface area (Å²) >= 11 is 0. The van der Waals surface area contributed by atoms with Gasteiger partial charge in [-0.3, -0.25) is 0 Å². The van der Waals surface area contributed by atoms with E-state index < -0.39 is 0 Å². The summed E-state index contributed by atoms with van der Waals surface area (Å²) in [5.41, 5.74) is 0. The molecule has 12 heavy (non-hydrogen) atoms. The van der Waals surface area contributed by atoms with Crippen LogP contribution in [0.25, 0.3) is 0 Å². The Balaban J connectivity index is 2.88. The average Bonchev–Trinajstić information content (AvgIpc) is 2.47. The van der Waals surface area contributed by atoms with Gasteiger partial charge in [0.2, 0.25) is 5.75 Å². The Morgan fingerprint density at radius 1 is 1.42 bits per heavy atom. The second-order valence-electron chi connectivity index (χ2n) is 2.29. The van der Waals surface area contributed by atoms with Crippen LogP contribution in [0.1, 0.15) is 5.76 Å². The van der Waals surface area contributed by atoms with Gasteiger partial charge in [0, 0.05) is 0 Å². The van der Waals surface area contributed by atoms with Gasteiger partial charge in [0.1, 0.15) is 6.26 Å². The van der Waals surface area contributed by atoms with Gasteiger partial charge < -0.3 is 19.2 Å². The Morgan fingerprint density at radius 2 is 2.17 bits per heavy atom. The van der Waals surface area contributed by atoms with Crippen LogP contribution >= 0.6 is 0 Å². The van der Waals surface area contributed by atoms with Crippen molar-refractivity contribution in [3.8, 4) is 11.5 Å². The molecule has 0 saturated carbocycles. The molecule has 1 aromatic heterocycles. The molecule has 68 valence electrons. The fourth-order valence-electron chi connectivity index (χ4n) is 1.01. The van der Waals surface area contributed by atoms with E-state index in [9.17, 15) is 0 Å². The topological polar surface area (TPSA) is 43.6 Å². The zero-order valence-corrected chi connectivity index (χ0v) is 7.51. The zero-order valence-electron chi connectivity index (χ0n) is 7.51. The van der Waals surface area contributed by atoms with E-state index in [1.54, 1.807) is 14.2 Å². The highest BCUT2D eigenvalue weighted by Crippen LogP contribution is 2.32. The van der Waals surface area contributed by atoms with Gasteiger partial charge in [-0.2, -0.15) is 0 Å². The van der Waals surface area contributed by atoms with Gasteiger partial charge in [-0.1, -0.05) is 0 Å². The van der Waals surface area contributed by atoms with Crippen LogP contribution in [-0.2, 0) is 6.54 Å². The molecule has 0 aromatic carbocycles. The summed E-state index contributed by atoms with van der Waals surface area (Å²) in [5, 5.41) is 2.97. The van der Waals surface area contributed by atoms with Crippen LogP contribution in [0.4, 0.5) is 0 Å². The van der Waals surface area contributed by atoms with Gasteiger partial charge in [0.25, 0.3) is 0 Å². The van der Waals surface area contributed by atoms with E-state index in [1.165, 1.54) is 6.26 Å². The monoisotopic (exact) mass is 171 g/mol. The Kier molecular flexibility index (Phi) is 2.99. The van der Waals surface area contributed by atoms with E-state index in [0.717, 1.165) is 5.76 Å². The Morgan fingerprint density at radius 3 is 2.67 bits per heavy atom. The van der Waals surface area contributed by atoms with Crippen LogP contribution in [0.2, 0.25) is 0 Å². The highest BCUT2D eigenvalue weighted by atomic mass is 16.5. The van der Waals surface area contributed by atoms with Crippen molar-refractivity contribution in [3.05, 3.63) is 12.0 Å². The maximum atomic E-state index is 5.21. The lowest BCUT2D eigenvalue weighted by molar-refractivity contribution is 0.354. The van der Waals surface area contributed by atoms with E-state index in [4.69, 9.17) is 13.9 Å². The summed E-state index contributed by atoms with van der Waals surface area (Å²) in [6.07, 6.45) is 1.53. The molecule has 1 heterocycles. The number of methoxy groups -OCH3 is 2. The summed E-state index contributed by atoms with van der Waals surface area (Å²) < 4.78 is 15.3. The fourth-order valence-corrected chi connectivity index (χ4v) is 1.01. The molecule has 0 aliphatic heterocycles. The van der Waals surface area contributed by atoms with Crippen molar-refractivity contribution in [3.63, 3.8) is 0 Å². The minimum atomic E-state index is 0.628. The molecule has 4 heteroatoms. The van der Waals surface area contributed by atoms with Crippen molar-refractivity contribution in [2.24, 2.45) is 0 Å². The van der Waals surface area contributed by atoms with Crippen molar-refractivity contribution < 1.29 is 13.9 Å². The van der Waals surface area contributed by atoms with E-state index in [-0.39, 0.29) is 0 Å². The maximum Gasteiger partial charge on any atom is 0.204 e. The van der Waals surface area contributed by atoms with Crippen molar-refractivity contribution in [1.82, 2.24) is 5.32 Å². The van der Waals surface area contributed by atoms with Crippen LogP contribution in [0.3, 0.4) is 0 Å². The zero-order chi connectivity index (χ0) is 8.97. The van der Waals surface area contributed by atoms with Crippen LogP contribution in [0.5, 0.6) is 11.5 Å². The number of nitrogens with one attached hydrogen (secondary N) is 1. The highest BCUT2D eigenvalue weighted by Gasteiger charge is 2.13. The highest BCUT2D eigenvalue weighted by molar-refractivity contribution is 5.40. The van der Waals surface area contributed by atoms with Gasteiger partial charge >= 0.3 is 0 Å². The maximum absolute atomic E-state index is 5.21. The van der Waals surface area contributed by atoms with Crippen molar-refractivity contribution in [1.29, 1.82) is 0 Å². The van der Waals surface area contributed by atoms with Crippen LogP contribution in [0.15, 0.2) is 10.7 Å². The molecule has 0 fully saturated rings. The minimum absolute atomic E-state index is 0.628. The van der Waals surface area contributed by atoms with Gasteiger partial charge in [0.15, 0.2) is 11.5 Å². The quantitative estimate of drug-likeness (QED) is 0.734. The molecule has 0 atom stereocenters. The van der Waals surface area contributed by atoms with E-state index in [0.29, 0.717) is 18.0 Å². The number of rotatable bonds is 4. The lowest BCUT2D eigenvalue weighted by Gasteiger charge is -2.01. The van der Waals surface area contributed by atoms with Crippen LogP contribution < -0.4 is 14.8 Å². The Hall–Kier alpha value is -1.16. The summed E-state index contributed by atoms with van der Waals surface area (Å²) in [4.78, 5) is 0. The first-order valence-corrected chi connectivity index (χ1v) is 3.66. The molecule has 0 spiro atoms. The van der Waals surface area contributed by atoms with Crippen LogP contribution in [-0.4, -0.2) is 21.3 Å². The molecular formula is C8H13NO3. The normalized spacial score (nSPS) is 9.92. The number of ether oxygens (including phenoxy) is 2. The van der Waals surface area contributed by atoms with Gasteiger partial charge in [-0.15, -0.1) is 0 Å². The largest absolute Gasteiger partial charge is 0.490 e. The van der Waals surface area contributed by atoms with E-state index in [1.807, 2.05) is 7.05 Å². The lowest BCUT2D eigenvalue weighted by atomic mass is 10.4. The molecule has 1 rings (SSSR count). The molecule has 0 saturated heterocycles. The molecule has 4 nitrogen and oxygen atoms in total. The molecule has 1 aromatic rings. The smallest absolute Gasteiger partial charge is 0.204 e. The van der Waals surface area contributed by atoms with E-state index >= 15 is 0 Å². The van der Waals surface area contributed by atoms with Crippen molar-refractivity contribution in [2.75, 3.05) is 21.3 Å². The summed E-state index contributed by atoms with van der Waals surface area (Å²) in [5.74, 6) is 2.03. The van der Waals surface area contributed by atoms with Crippen molar-refractivity contribution >= 4 is 0 Å². The van der Waals surface area contributed by atoms with Gasteiger partial charge in [-0.05, 0) is 7.05 Å². The Labute approximate surface area is 71.5 Å². The Bertz CT molecular complexity index is 244. The third kappa shape index (κ3) is 1.53. The number of furan rings is 1. The van der Waals surface area contributed by atoms with Crippen LogP contribution in [0, 0.1) is 0 Å². The standard InChI is InChI=1S/C8H13NO3/c1-9-4-6-8(11-3)7(10-2)5-12-6/h5,9H,4H2,1-3H3. The predicted molar refractivity (Wildman–Crippen MR) is 44.6 cm³/mol. The average molecular weight is 171 g/mol. The SMILES string of the molecule is CNCc1occ(OC)c1OC. The number of hydrogen-bond acceptors (Lipinski definition) is 4. The second kappa shape index (κ2) is 4.01. The summed E-state index contributed by atoms with van der Waals surface area (Å²) in [6, 6.07) is 0. The molecule has 0 bridgehead atoms. The molecule has 0 unspecified atom stereocenters. The molecule has 0 radical (unpaired) electrons. The third-order valence-electron chi connectivity index (χ3n) is 1.55. The molecule has 0 amide bonds.